The van der Waals surface area contributed by atoms with Crippen LogP contribution in [-0.2, 0) is 0 Å². The fraction of sp³-hybridized carbons (Fsp3) is 0. The number of hydrogen-bond acceptors (Lipinski definition) is 0. The Balaban J connectivity index is 2.13. The van der Waals surface area contributed by atoms with Gasteiger partial charge in [0, 0.05) is 42.7 Å². The molecule has 0 amide bonds. The second-order valence-electron chi connectivity index (χ2n) is 5.52. The SMILES string of the molecule is Clc1ccc2[nH]c(-c3ccccc3Cl)c(-c3ccccc3Cl)c2c1. The number of benzene rings is 3. The van der Waals surface area contributed by atoms with E-state index in [9.17, 15) is 0 Å². The summed E-state index contributed by atoms with van der Waals surface area (Å²) < 4.78 is 0. The van der Waals surface area contributed by atoms with Gasteiger partial charge in [-0.2, -0.15) is 0 Å². The molecule has 0 bridgehead atoms. The molecule has 0 unspecified atom stereocenters. The van der Waals surface area contributed by atoms with Crippen LogP contribution in [0, 0.1) is 0 Å². The fourth-order valence-electron chi connectivity index (χ4n) is 2.97. The lowest BCUT2D eigenvalue weighted by molar-refractivity contribution is 1.45. The maximum Gasteiger partial charge on any atom is 0.0560 e. The lowest BCUT2D eigenvalue weighted by Gasteiger charge is -2.09. The molecule has 1 heterocycles. The number of nitrogens with one attached hydrogen (secondary N) is 1. The van der Waals surface area contributed by atoms with Gasteiger partial charge in [-0.1, -0.05) is 71.2 Å². The van der Waals surface area contributed by atoms with E-state index in [2.05, 4.69) is 4.98 Å². The van der Waals surface area contributed by atoms with Gasteiger partial charge in [-0.05, 0) is 30.3 Å². The van der Waals surface area contributed by atoms with Crippen LogP contribution in [-0.4, -0.2) is 4.98 Å². The fourth-order valence-corrected chi connectivity index (χ4v) is 3.61. The molecular weight excluding hydrogens is 361 g/mol. The first kappa shape index (κ1) is 15.6. The van der Waals surface area contributed by atoms with Crippen LogP contribution in [0.1, 0.15) is 0 Å². The second kappa shape index (κ2) is 6.18. The molecule has 0 aliphatic heterocycles. The number of H-pyrrole nitrogens is 1. The molecule has 0 spiro atoms. The van der Waals surface area contributed by atoms with Gasteiger partial charge < -0.3 is 4.98 Å². The summed E-state index contributed by atoms with van der Waals surface area (Å²) in [4.78, 5) is 3.47. The van der Waals surface area contributed by atoms with Gasteiger partial charge in [-0.3, -0.25) is 0 Å². The minimum atomic E-state index is 0.681. The summed E-state index contributed by atoms with van der Waals surface area (Å²) in [6, 6.07) is 21.3. The van der Waals surface area contributed by atoms with Crippen molar-refractivity contribution in [3.8, 4) is 22.4 Å². The Kier molecular flexibility index (Phi) is 4.01. The van der Waals surface area contributed by atoms with Crippen molar-refractivity contribution in [3.63, 3.8) is 0 Å². The third kappa shape index (κ3) is 2.59. The molecule has 4 aromatic rings. The quantitative estimate of drug-likeness (QED) is 0.376. The van der Waals surface area contributed by atoms with E-state index in [0.717, 1.165) is 33.3 Å². The third-order valence-corrected chi connectivity index (χ3v) is 4.94. The Morgan fingerprint density at radius 2 is 1.29 bits per heavy atom. The average molecular weight is 373 g/mol. The first-order valence-electron chi connectivity index (χ1n) is 7.46. The number of halogens is 3. The maximum atomic E-state index is 6.48. The van der Waals surface area contributed by atoms with E-state index < -0.39 is 0 Å². The molecule has 0 fully saturated rings. The van der Waals surface area contributed by atoms with Crippen LogP contribution in [0.15, 0.2) is 66.7 Å². The summed E-state index contributed by atoms with van der Waals surface area (Å²) in [6.07, 6.45) is 0. The van der Waals surface area contributed by atoms with Gasteiger partial charge in [0.1, 0.15) is 0 Å². The molecule has 118 valence electrons. The smallest absolute Gasteiger partial charge is 0.0560 e. The van der Waals surface area contributed by atoms with Crippen molar-refractivity contribution in [2.75, 3.05) is 0 Å². The zero-order valence-electron chi connectivity index (χ0n) is 12.5. The highest BCUT2D eigenvalue weighted by atomic mass is 35.5. The van der Waals surface area contributed by atoms with E-state index in [-0.39, 0.29) is 0 Å². The highest BCUT2D eigenvalue weighted by molar-refractivity contribution is 6.36. The number of rotatable bonds is 2. The molecule has 0 saturated heterocycles. The minimum absolute atomic E-state index is 0.681. The summed E-state index contributed by atoms with van der Waals surface area (Å²) in [6.45, 7) is 0. The van der Waals surface area contributed by atoms with Crippen LogP contribution >= 0.6 is 34.8 Å². The van der Waals surface area contributed by atoms with E-state index in [1.165, 1.54) is 0 Å². The molecule has 0 radical (unpaired) electrons. The highest BCUT2D eigenvalue weighted by Gasteiger charge is 2.18. The molecule has 0 atom stereocenters. The predicted octanol–water partition coefficient (Wildman–Crippen LogP) is 7.46. The van der Waals surface area contributed by atoms with Gasteiger partial charge in [0.2, 0.25) is 0 Å². The molecule has 3 aromatic carbocycles. The van der Waals surface area contributed by atoms with Crippen LogP contribution in [0.4, 0.5) is 0 Å². The zero-order chi connectivity index (χ0) is 16.7. The van der Waals surface area contributed by atoms with Crippen molar-refractivity contribution in [1.82, 2.24) is 4.98 Å². The van der Waals surface area contributed by atoms with Crippen LogP contribution in [0.3, 0.4) is 0 Å². The van der Waals surface area contributed by atoms with Crippen molar-refractivity contribution in [2.45, 2.75) is 0 Å². The molecule has 0 aliphatic carbocycles. The van der Waals surface area contributed by atoms with Gasteiger partial charge in [-0.25, -0.2) is 0 Å². The van der Waals surface area contributed by atoms with E-state index in [1.54, 1.807) is 0 Å². The van der Waals surface area contributed by atoms with Crippen LogP contribution in [0.2, 0.25) is 15.1 Å². The predicted molar refractivity (Wildman–Crippen MR) is 104 cm³/mol. The lowest BCUT2D eigenvalue weighted by Crippen LogP contribution is -1.85. The highest BCUT2D eigenvalue weighted by Crippen LogP contribution is 2.43. The summed E-state index contributed by atoms with van der Waals surface area (Å²) in [5, 5.41) is 3.07. The summed E-state index contributed by atoms with van der Waals surface area (Å²) in [5.74, 6) is 0. The van der Waals surface area contributed by atoms with Gasteiger partial charge in [0.15, 0.2) is 0 Å². The molecule has 24 heavy (non-hydrogen) atoms. The van der Waals surface area contributed by atoms with E-state index in [0.29, 0.717) is 15.1 Å². The van der Waals surface area contributed by atoms with Crippen molar-refractivity contribution in [1.29, 1.82) is 0 Å². The van der Waals surface area contributed by atoms with E-state index >= 15 is 0 Å². The van der Waals surface area contributed by atoms with Crippen molar-refractivity contribution in [3.05, 3.63) is 81.8 Å². The van der Waals surface area contributed by atoms with Crippen LogP contribution < -0.4 is 0 Å². The number of hydrogen-bond donors (Lipinski definition) is 1. The first-order chi connectivity index (χ1) is 11.6. The largest absolute Gasteiger partial charge is 0.354 e. The van der Waals surface area contributed by atoms with Crippen LogP contribution in [0.5, 0.6) is 0 Å². The van der Waals surface area contributed by atoms with Gasteiger partial charge >= 0.3 is 0 Å². The normalized spacial score (nSPS) is 11.1. The zero-order valence-corrected chi connectivity index (χ0v) is 14.8. The van der Waals surface area contributed by atoms with E-state index in [4.69, 9.17) is 34.8 Å². The second-order valence-corrected chi connectivity index (χ2v) is 6.78. The standard InChI is InChI=1S/C20H12Cl3N/c21-12-9-10-18-15(11-12)19(13-5-1-3-7-16(13)22)20(24-18)14-6-2-4-8-17(14)23/h1-11,24H. The monoisotopic (exact) mass is 371 g/mol. The molecule has 1 nitrogen and oxygen atoms in total. The molecule has 1 N–H and O–H groups in total. The van der Waals surface area contributed by atoms with Crippen molar-refractivity contribution < 1.29 is 0 Å². The van der Waals surface area contributed by atoms with Crippen molar-refractivity contribution >= 4 is 45.7 Å². The summed E-state index contributed by atoms with van der Waals surface area (Å²) in [7, 11) is 0. The Labute approximate surface area is 154 Å². The van der Waals surface area contributed by atoms with Crippen LogP contribution in [0.25, 0.3) is 33.3 Å². The van der Waals surface area contributed by atoms with Gasteiger partial charge in [-0.15, -0.1) is 0 Å². The average Bonchev–Trinajstić information content (AvgIpc) is 2.94. The maximum absolute atomic E-state index is 6.48. The Morgan fingerprint density at radius 3 is 1.96 bits per heavy atom. The topological polar surface area (TPSA) is 15.8 Å². The number of aromatic amines is 1. The first-order valence-corrected chi connectivity index (χ1v) is 8.59. The molecule has 4 rings (SSSR count). The minimum Gasteiger partial charge on any atom is -0.354 e. The van der Waals surface area contributed by atoms with Gasteiger partial charge in [0.05, 0.1) is 5.69 Å². The third-order valence-electron chi connectivity index (χ3n) is 4.05. The lowest BCUT2D eigenvalue weighted by atomic mass is 9.98. The van der Waals surface area contributed by atoms with Gasteiger partial charge in [0.25, 0.3) is 0 Å². The Hall–Kier alpha value is -1.93. The number of fused-ring (bicyclic) bond motifs is 1. The molecule has 4 heteroatoms. The Bertz CT molecular complexity index is 1050. The molecule has 0 saturated carbocycles. The summed E-state index contributed by atoms with van der Waals surface area (Å²) >= 11 is 19.1. The van der Waals surface area contributed by atoms with Crippen molar-refractivity contribution in [2.24, 2.45) is 0 Å². The Morgan fingerprint density at radius 1 is 0.667 bits per heavy atom. The molecular formula is C20H12Cl3N. The van der Waals surface area contributed by atoms with E-state index in [1.807, 2.05) is 66.7 Å². The summed E-state index contributed by atoms with van der Waals surface area (Å²) in [5.41, 5.74) is 4.81. The molecule has 0 aliphatic rings. The molecule has 1 aromatic heterocycles. The number of aromatic nitrogens is 1.